The Hall–Kier alpha value is -4.09. The quantitative estimate of drug-likeness (QED) is 0.558. The molecule has 0 bridgehead atoms. The number of rotatable bonds is 8. The summed E-state index contributed by atoms with van der Waals surface area (Å²) in [7, 11) is 0. The number of aliphatic carboxylic acids is 1. The number of ether oxygens (including phenoxy) is 1. The first-order valence-electron chi connectivity index (χ1n) is 11.5. The maximum atomic E-state index is 13.3. The summed E-state index contributed by atoms with van der Waals surface area (Å²) in [5.74, 6) is -2.43. The minimum Gasteiger partial charge on any atom is -0.481 e. The first-order chi connectivity index (χ1) is 17.2. The van der Waals surface area contributed by atoms with Crippen LogP contribution in [0.4, 0.5) is 9.18 Å². The molecule has 11 nitrogen and oxygen atoms in total. The van der Waals surface area contributed by atoms with Crippen LogP contribution in [-0.2, 0) is 14.3 Å². The van der Waals surface area contributed by atoms with Crippen molar-refractivity contribution in [2.45, 2.75) is 32.7 Å². The van der Waals surface area contributed by atoms with Crippen LogP contribution in [0.25, 0.3) is 11.4 Å². The number of nitrogens with one attached hydrogen (secondary N) is 1. The summed E-state index contributed by atoms with van der Waals surface area (Å²) in [6.07, 6.45) is -0.910. The van der Waals surface area contributed by atoms with E-state index in [9.17, 15) is 23.6 Å². The molecular weight excluding hydrogens is 473 g/mol. The predicted octanol–water partition coefficient (Wildman–Crippen LogP) is 1.86. The topological polar surface area (TPSA) is 142 Å². The van der Waals surface area contributed by atoms with Crippen LogP contribution in [0.1, 0.15) is 35.9 Å². The highest BCUT2D eigenvalue weighted by Crippen LogP contribution is 2.17. The Morgan fingerprint density at radius 1 is 1.08 bits per heavy atom. The Labute approximate surface area is 207 Å². The van der Waals surface area contributed by atoms with Gasteiger partial charge in [0.15, 0.2) is 5.82 Å². The van der Waals surface area contributed by atoms with Gasteiger partial charge in [-0.05, 0) is 50.6 Å². The number of halogens is 1. The van der Waals surface area contributed by atoms with Crippen LogP contribution in [0.15, 0.2) is 30.3 Å². The van der Waals surface area contributed by atoms with Crippen LogP contribution in [-0.4, -0.2) is 87.6 Å². The monoisotopic (exact) mass is 501 g/mol. The van der Waals surface area contributed by atoms with Gasteiger partial charge in [0, 0.05) is 43.9 Å². The van der Waals surface area contributed by atoms with Crippen LogP contribution in [0.5, 0.6) is 0 Å². The van der Waals surface area contributed by atoms with Crippen LogP contribution < -0.4 is 5.32 Å². The number of carbonyl (C=O) groups is 4. The van der Waals surface area contributed by atoms with Crippen LogP contribution >= 0.6 is 0 Å². The maximum absolute atomic E-state index is 13.3. The number of amides is 3. The van der Waals surface area contributed by atoms with Crippen LogP contribution in [0.2, 0.25) is 0 Å². The molecule has 12 heteroatoms. The third kappa shape index (κ3) is 6.96. The number of carboxylic acid groups (broad SMARTS) is 1. The number of hydrogen-bond donors (Lipinski definition) is 2. The summed E-state index contributed by atoms with van der Waals surface area (Å²) in [4.78, 5) is 60.8. The van der Waals surface area contributed by atoms with Gasteiger partial charge in [0.1, 0.15) is 17.6 Å². The minimum atomic E-state index is -1.11. The Morgan fingerprint density at radius 3 is 2.33 bits per heavy atom. The van der Waals surface area contributed by atoms with Gasteiger partial charge in [0.2, 0.25) is 5.91 Å². The Kier molecular flexibility index (Phi) is 8.87. The van der Waals surface area contributed by atoms with Gasteiger partial charge < -0.3 is 25.0 Å². The smallest absolute Gasteiger partial charge is 0.409 e. The highest BCUT2D eigenvalue weighted by molar-refractivity contribution is 5.96. The van der Waals surface area contributed by atoms with E-state index in [1.54, 1.807) is 13.8 Å². The number of aromatic nitrogens is 2. The molecule has 0 radical (unpaired) electrons. The van der Waals surface area contributed by atoms with Gasteiger partial charge in [-0.1, -0.05) is 0 Å². The SMILES string of the molecule is CCOC(=O)N1CCN(C(=O)C(CCC(=O)O)NC(=O)c2cc(C)nc(-c3ccc(F)cc3)n2)CC1. The van der Waals surface area contributed by atoms with Crippen molar-refractivity contribution in [3.8, 4) is 11.4 Å². The standard InChI is InChI=1S/C24H28FN5O6/c1-3-36-24(35)30-12-10-29(11-13-30)23(34)18(8-9-20(31)32)28-22(33)19-14-15(2)26-21(27-19)16-4-6-17(25)7-5-16/h4-7,14,18H,3,8-13H2,1-2H3,(H,28,33)(H,31,32). The van der Waals surface area contributed by atoms with E-state index >= 15 is 0 Å². The van der Waals surface area contributed by atoms with E-state index in [1.165, 1.54) is 40.1 Å². The molecule has 1 unspecified atom stereocenters. The summed E-state index contributed by atoms with van der Waals surface area (Å²) >= 11 is 0. The number of aryl methyl sites for hydroxylation is 1. The number of benzene rings is 1. The maximum Gasteiger partial charge on any atom is 0.409 e. The summed E-state index contributed by atoms with van der Waals surface area (Å²) in [6.45, 7) is 4.58. The zero-order valence-electron chi connectivity index (χ0n) is 20.1. The van der Waals surface area contributed by atoms with Crippen molar-refractivity contribution in [2.75, 3.05) is 32.8 Å². The van der Waals surface area contributed by atoms with Crippen molar-refractivity contribution in [1.29, 1.82) is 0 Å². The molecular formula is C24H28FN5O6. The van der Waals surface area contributed by atoms with Crippen molar-refractivity contribution in [3.63, 3.8) is 0 Å². The fourth-order valence-electron chi connectivity index (χ4n) is 3.71. The van der Waals surface area contributed by atoms with Crippen LogP contribution in [0, 0.1) is 12.7 Å². The molecule has 192 valence electrons. The molecule has 1 aromatic carbocycles. The molecule has 1 fully saturated rings. The normalized spacial score (nSPS) is 14.2. The third-order valence-corrected chi connectivity index (χ3v) is 5.56. The zero-order chi connectivity index (χ0) is 26.2. The van der Waals surface area contributed by atoms with Gasteiger partial charge >= 0.3 is 12.1 Å². The first-order valence-corrected chi connectivity index (χ1v) is 11.5. The molecule has 1 aromatic heterocycles. The molecule has 0 aliphatic carbocycles. The van der Waals surface area contributed by atoms with E-state index in [1.807, 2.05) is 0 Å². The van der Waals surface area contributed by atoms with Crippen molar-refractivity contribution >= 4 is 23.9 Å². The Morgan fingerprint density at radius 2 is 1.72 bits per heavy atom. The average molecular weight is 502 g/mol. The molecule has 2 heterocycles. The van der Waals surface area contributed by atoms with E-state index < -0.39 is 35.7 Å². The van der Waals surface area contributed by atoms with Crippen molar-refractivity contribution in [3.05, 3.63) is 47.5 Å². The molecule has 0 spiro atoms. The van der Waals surface area contributed by atoms with Crippen molar-refractivity contribution in [2.24, 2.45) is 0 Å². The van der Waals surface area contributed by atoms with Gasteiger partial charge in [-0.15, -0.1) is 0 Å². The van der Waals surface area contributed by atoms with Gasteiger partial charge in [0.25, 0.3) is 5.91 Å². The second kappa shape index (κ2) is 12.0. The second-order valence-corrected chi connectivity index (χ2v) is 8.19. The van der Waals surface area contributed by atoms with E-state index in [-0.39, 0.29) is 57.1 Å². The average Bonchev–Trinajstić information content (AvgIpc) is 2.86. The van der Waals surface area contributed by atoms with Gasteiger partial charge in [-0.25, -0.2) is 19.2 Å². The van der Waals surface area contributed by atoms with E-state index in [2.05, 4.69) is 15.3 Å². The largest absolute Gasteiger partial charge is 0.481 e. The Balaban J connectivity index is 1.74. The molecule has 2 aromatic rings. The molecule has 0 saturated carbocycles. The fourth-order valence-corrected chi connectivity index (χ4v) is 3.71. The lowest BCUT2D eigenvalue weighted by atomic mass is 10.1. The summed E-state index contributed by atoms with van der Waals surface area (Å²) in [6, 6.07) is 5.82. The molecule has 36 heavy (non-hydrogen) atoms. The number of carbonyl (C=O) groups excluding carboxylic acids is 3. The van der Waals surface area contributed by atoms with Gasteiger partial charge in [-0.2, -0.15) is 0 Å². The second-order valence-electron chi connectivity index (χ2n) is 8.19. The molecule has 1 saturated heterocycles. The van der Waals surface area contributed by atoms with E-state index in [0.717, 1.165) is 0 Å². The van der Waals surface area contributed by atoms with Crippen molar-refractivity contribution in [1.82, 2.24) is 25.1 Å². The molecule has 1 atom stereocenters. The number of carboxylic acids is 1. The Bertz CT molecular complexity index is 1120. The highest BCUT2D eigenvalue weighted by Gasteiger charge is 2.31. The highest BCUT2D eigenvalue weighted by atomic mass is 19.1. The lowest BCUT2D eigenvalue weighted by molar-refractivity contribution is -0.138. The van der Waals surface area contributed by atoms with Crippen molar-refractivity contribution < 1.29 is 33.4 Å². The lowest BCUT2D eigenvalue weighted by Crippen LogP contribution is -2.56. The molecule has 3 rings (SSSR count). The number of nitrogens with zero attached hydrogens (tertiary/aromatic N) is 4. The first kappa shape index (κ1) is 26.5. The molecule has 1 aliphatic heterocycles. The molecule has 2 N–H and O–H groups in total. The lowest BCUT2D eigenvalue weighted by Gasteiger charge is -2.35. The summed E-state index contributed by atoms with van der Waals surface area (Å²) < 4.78 is 18.3. The van der Waals surface area contributed by atoms with Gasteiger partial charge in [0.05, 0.1) is 6.61 Å². The number of piperazine rings is 1. The third-order valence-electron chi connectivity index (χ3n) is 5.56. The summed E-state index contributed by atoms with van der Waals surface area (Å²) in [5, 5.41) is 11.7. The van der Waals surface area contributed by atoms with Crippen LogP contribution in [0.3, 0.4) is 0 Å². The zero-order valence-corrected chi connectivity index (χ0v) is 20.1. The minimum absolute atomic E-state index is 0.0120. The molecule has 1 aliphatic rings. The predicted molar refractivity (Wildman–Crippen MR) is 125 cm³/mol. The fraction of sp³-hybridized carbons (Fsp3) is 0.417. The van der Waals surface area contributed by atoms with E-state index in [4.69, 9.17) is 9.84 Å². The van der Waals surface area contributed by atoms with E-state index in [0.29, 0.717) is 11.3 Å². The molecule has 3 amide bonds. The van der Waals surface area contributed by atoms with Gasteiger partial charge in [-0.3, -0.25) is 14.4 Å². The summed E-state index contributed by atoms with van der Waals surface area (Å²) in [5.41, 5.74) is 0.979. The number of hydrogen-bond acceptors (Lipinski definition) is 7.